The summed E-state index contributed by atoms with van der Waals surface area (Å²) in [6, 6.07) is 7.40. The molecule has 2 heterocycles. The molecule has 4 nitrogen and oxygen atoms in total. The average Bonchev–Trinajstić information content (AvgIpc) is 2.62. The number of carbonyl (C=O) groups is 1. The highest BCUT2D eigenvalue weighted by Gasteiger charge is 2.30. The maximum Gasteiger partial charge on any atom is 0.224 e. The second kappa shape index (κ2) is 9.40. The molecule has 0 bridgehead atoms. The number of nitrogens with zero attached hydrogens (tertiary/aromatic N) is 1. The van der Waals surface area contributed by atoms with Crippen LogP contribution in [0.2, 0.25) is 5.02 Å². The third kappa shape index (κ3) is 6.48. The normalized spacial score (nSPS) is 23.9. The van der Waals surface area contributed by atoms with Gasteiger partial charge in [-0.2, -0.15) is 0 Å². The fourth-order valence-electron chi connectivity index (χ4n) is 4.45. The lowest BCUT2D eigenvalue weighted by Crippen LogP contribution is -2.42. The van der Waals surface area contributed by atoms with Crippen LogP contribution < -0.4 is 5.32 Å². The van der Waals surface area contributed by atoms with Gasteiger partial charge < -0.3 is 15.0 Å². The zero-order valence-corrected chi connectivity index (χ0v) is 17.4. The molecule has 2 fully saturated rings. The van der Waals surface area contributed by atoms with E-state index < -0.39 is 0 Å². The zero-order valence-electron chi connectivity index (χ0n) is 16.7. The van der Waals surface area contributed by atoms with E-state index in [1.165, 1.54) is 25.8 Å². The highest BCUT2D eigenvalue weighted by Crippen LogP contribution is 2.31. The molecule has 0 spiro atoms. The molecule has 2 aliphatic heterocycles. The van der Waals surface area contributed by atoms with Gasteiger partial charge in [-0.1, -0.05) is 23.7 Å². The number of hydrogen-bond donors (Lipinski definition) is 1. The van der Waals surface area contributed by atoms with Gasteiger partial charge in [0.25, 0.3) is 0 Å². The van der Waals surface area contributed by atoms with Crippen LogP contribution in [-0.2, 0) is 9.53 Å². The van der Waals surface area contributed by atoms with Crippen LogP contribution in [0.25, 0.3) is 0 Å². The van der Waals surface area contributed by atoms with Crippen LogP contribution in [0.5, 0.6) is 0 Å². The molecule has 1 N–H and O–H groups in total. The minimum absolute atomic E-state index is 0.0379. The molecule has 150 valence electrons. The monoisotopic (exact) mass is 392 g/mol. The lowest BCUT2D eigenvalue weighted by Gasteiger charge is -2.39. The SMILES string of the molecule is CC1(C)C[C@@H](CN2CCC(CCC(=O)Nc3ccccc3Cl)CC2)CCO1. The Bertz CT molecular complexity index is 626. The van der Waals surface area contributed by atoms with Gasteiger partial charge in [0.05, 0.1) is 16.3 Å². The minimum Gasteiger partial charge on any atom is -0.376 e. The summed E-state index contributed by atoms with van der Waals surface area (Å²) in [7, 11) is 0. The van der Waals surface area contributed by atoms with Gasteiger partial charge in [0, 0.05) is 19.6 Å². The Morgan fingerprint density at radius 2 is 1.96 bits per heavy atom. The van der Waals surface area contributed by atoms with Crippen LogP contribution in [-0.4, -0.2) is 42.6 Å². The van der Waals surface area contributed by atoms with Crippen molar-refractivity contribution in [1.82, 2.24) is 4.90 Å². The second-order valence-electron chi connectivity index (χ2n) is 8.78. The molecule has 1 amide bonds. The molecule has 1 aromatic carbocycles. The van der Waals surface area contributed by atoms with Crippen molar-refractivity contribution in [1.29, 1.82) is 0 Å². The number of anilines is 1. The van der Waals surface area contributed by atoms with Crippen molar-refractivity contribution in [3.8, 4) is 0 Å². The number of nitrogens with one attached hydrogen (secondary N) is 1. The lowest BCUT2D eigenvalue weighted by atomic mass is 9.86. The number of benzene rings is 1. The molecule has 0 radical (unpaired) electrons. The molecule has 2 saturated heterocycles. The minimum atomic E-state index is 0.0379. The topological polar surface area (TPSA) is 41.6 Å². The molecule has 2 aliphatic rings. The van der Waals surface area contributed by atoms with Gasteiger partial charge in [0.15, 0.2) is 0 Å². The van der Waals surface area contributed by atoms with E-state index in [0.29, 0.717) is 23.0 Å². The van der Waals surface area contributed by atoms with Gasteiger partial charge in [-0.05, 0) is 83.0 Å². The lowest BCUT2D eigenvalue weighted by molar-refractivity contribution is -0.116. The van der Waals surface area contributed by atoms with Crippen LogP contribution in [0.15, 0.2) is 24.3 Å². The molecule has 0 aliphatic carbocycles. The van der Waals surface area contributed by atoms with Crippen molar-refractivity contribution >= 4 is 23.2 Å². The highest BCUT2D eigenvalue weighted by atomic mass is 35.5. The van der Waals surface area contributed by atoms with Crippen molar-refractivity contribution in [3.05, 3.63) is 29.3 Å². The molecule has 0 aromatic heterocycles. The van der Waals surface area contributed by atoms with E-state index in [1.807, 2.05) is 18.2 Å². The molecule has 0 unspecified atom stereocenters. The number of halogens is 1. The summed E-state index contributed by atoms with van der Waals surface area (Å²) < 4.78 is 5.84. The predicted octanol–water partition coefficient (Wildman–Crippen LogP) is 4.98. The Morgan fingerprint density at radius 1 is 1.22 bits per heavy atom. The van der Waals surface area contributed by atoms with Crippen LogP contribution in [0.1, 0.15) is 52.4 Å². The number of carbonyl (C=O) groups excluding carboxylic acids is 1. The fourth-order valence-corrected chi connectivity index (χ4v) is 4.63. The van der Waals surface area contributed by atoms with E-state index >= 15 is 0 Å². The van der Waals surface area contributed by atoms with Gasteiger partial charge in [-0.15, -0.1) is 0 Å². The first-order valence-electron chi connectivity index (χ1n) is 10.3. The van der Waals surface area contributed by atoms with Crippen molar-refractivity contribution in [2.75, 3.05) is 31.6 Å². The first-order valence-corrected chi connectivity index (χ1v) is 10.7. The number of amides is 1. The number of hydrogen-bond acceptors (Lipinski definition) is 3. The Labute approximate surface area is 168 Å². The van der Waals surface area contributed by atoms with Crippen LogP contribution >= 0.6 is 11.6 Å². The van der Waals surface area contributed by atoms with E-state index in [4.69, 9.17) is 16.3 Å². The van der Waals surface area contributed by atoms with E-state index in [-0.39, 0.29) is 11.5 Å². The van der Waals surface area contributed by atoms with Crippen LogP contribution in [0.4, 0.5) is 5.69 Å². The molecular formula is C22H33ClN2O2. The predicted molar refractivity (Wildman–Crippen MR) is 111 cm³/mol. The molecule has 1 aromatic rings. The number of likely N-dealkylation sites (tertiary alicyclic amines) is 1. The van der Waals surface area contributed by atoms with Gasteiger partial charge >= 0.3 is 0 Å². The zero-order chi connectivity index (χ0) is 19.3. The summed E-state index contributed by atoms with van der Waals surface area (Å²) in [4.78, 5) is 14.8. The number of piperidine rings is 1. The Balaban J connectivity index is 1.35. The summed E-state index contributed by atoms with van der Waals surface area (Å²) in [6.07, 6.45) is 6.29. The van der Waals surface area contributed by atoms with E-state index in [9.17, 15) is 4.79 Å². The van der Waals surface area contributed by atoms with Crippen molar-refractivity contribution < 1.29 is 9.53 Å². The van der Waals surface area contributed by atoms with E-state index in [0.717, 1.165) is 38.5 Å². The summed E-state index contributed by atoms with van der Waals surface area (Å²) in [6.45, 7) is 8.84. The van der Waals surface area contributed by atoms with Crippen molar-refractivity contribution in [2.45, 2.75) is 58.0 Å². The largest absolute Gasteiger partial charge is 0.376 e. The first kappa shape index (κ1) is 20.6. The first-order chi connectivity index (χ1) is 12.9. The highest BCUT2D eigenvalue weighted by molar-refractivity contribution is 6.33. The summed E-state index contributed by atoms with van der Waals surface area (Å²) in [5, 5.41) is 3.52. The smallest absolute Gasteiger partial charge is 0.224 e. The Kier molecular flexibility index (Phi) is 7.18. The number of para-hydroxylation sites is 1. The Morgan fingerprint density at radius 3 is 2.67 bits per heavy atom. The van der Waals surface area contributed by atoms with Crippen molar-refractivity contribution in [2.24, 2.45) is 11.8 Å². The van der Waals surface area contributed by atoms with Gasteiger partial charge in [0.2, 0.25) is 5.91 Å². The molecular weight excluding hydrogens is 360 g/mol. The molecule has 27 heavy (non-hydrogen) atoms. The summed E-state index contributed by atoms with van der Waals surface area (Å²) in [5.74, 6) is 1.48. The van der Waals surface area contributed by atoms with Crippen LogP contribution in [0.3, 0.4) is 0 Å². The van der Waals surface area contributed by atoms with Crippen molar-refractivity contribution in [3.63, 3.8) is 0 Å². The third-order valence-corrected chi connectivity index (χ3v) is 6.28. The van der Waals surface area contributed by atoms with Gasteiger partial charge in [0.1, 0.15) is 0 Å². The molecule has 0 saturated carbocycles. The van der Waals surface area contributed by atoms with E-state index in [2.05, 4.69) is 24.1 Å². The third-order valence-electron chi connectivity index (χ3n) is 5.95. The van der Waals surface area contributed by atoms with Crippen LogP contribution in [0, 0.1) is 11.8 Å². The fraction of sp³-hybridized carbons (Fsp3) is 0.682. The number of rotatable bonds is 6. The Hall–Kier alpha value is -1.10. The molecule has 3 rings (SSSR count). The maximum atomic E-state index is 12.2. The molecule has 1 atom stereocenters. The van der Waals surface area contributed by atoms with Gasteiger partial charge in [-0.25, -0.2) is 0 Å². The van der Waals surface area contributed by atoms with Gasteiger partial charge in [-0.3, -0.25) is 4.79 Å². The standard InChI is InChI=1S/C22H33ClN2O2/c1-22(2)15-18(11-14-27-22)16-25-12-9-17(10-13-25)7-8-21(26)24-20-6-4-3-5-19(20)23/h3-6,17-18H,7-16H2,1-2H3,(H,24,26)/t18-/m0/s1. The average molecular weight is 393 g/mol. The summed E-state index contributed by atoms with van der Waals surface area (Å²) in [5.41, 5.74) is 0.745. The quantitative estimate of drug-likeness (QED) is 0.742. The molecule has 5 heteroatoms. The van der Waals surface area contributed by atoms with E-state index in [1.54, 1.807) is 6.07 Å². The summed E-state index contributed by atoms with van der Waals surface area (Å²) >= 11 is 6.10. The second-order valence-corrected chi connectivity index (χ2v) is 9.18. The maximum absolute atomic E-state index is 12.2. The number of ether oxygens (including phenoxy) is 1.